The van der Waals surface area contributed by atoms with Gasteiger partial charge in [0.25, 0.3) is 0 Å². The number of fused-ring (bicyclic) bond motifs is 1. The third-order valence-electron chi connectivity index (χ3n) is 2.72. The van der Waals surface area contributed by atoms with Crippen LogP contribution in [-0.2, 0) is 0 Å². The van der Waals surface area contributed by atoms with Gasteiger partial charge in [-0.05, 0) is 24.3 Å². The molecular weight excluding hydrogens is 232 g/mol. The molecule has 92 valence electrons. The van der Waals surface area contributed by atoms with Crippen LogP contribution in [0.2, 0.25) is 0 Å². The predicted octanol–water partition coefficient (Wildman–Crippen LogP) is 2.54. The molecule has 0 amide bonds. The van der Waals surface area contributed by atoms with E-state index in [2.05, 4.69) is 34.5 Å². The molecule has 3 N–H and O–H groups in total. The number of anilines is 1. The van der Waals surface area contributed by atoms with Gasteiger partial charge in [0.2, 0.25) is 0 Å². The van der Waals surface area contributed by atoms with E-state index < -0.39 is 0 Å². The zero-order valence-electron chi connectivity index (χ0n) is 10.2. The van der Waals surface area contributed by atoms with Crippen molar-refractivity contribution in [2.45, 2.75) is 32.7 Å². The minimum Gasteiger partial charge on any atom is -0.367 e. The zero-order chi connectivity index (χ0) is 12.3. The molecule has 1 atom stereocenters. The molecule has 2 rings (SSSR count). The van der Waals surface area contributed by atoms with E-state index in [4.69, 9.17) is 5.73 Å². The number of nitrogens with zero attached hydrogens (tertiary/aromatic N) is 2. The third kappa shape index (κ3) is 2.73. The Morgan fingerprint density at radius 1 is 1.47 bits per heavy atom. The second kappa shape index (κ2) is 5.42. The van der Waals surface area contributed by atoms with Gasteiger partial charge in [-0.3, -0.25) is 0 Å². The number of nitrogens with one attached hydrogen (secondary N) is 1. The smallest absolute Gasteiger partial charge is 0.147 e. The summed E-state index contributed by atoms with van der Waals surface area (Å²) in [5.41, 5.74) is 8.22. The molecule has 0 saturated carbocycles. The molecule has 2 aromatic heterocycles. The molecule has 0 saturated heterocycles. The summed E-state index contributed by atoms with van der Waals surface area (Å²) in [6.07, 6.45) is 3.75. The average molecular weight is 250 g/mol. The van der Waals surface area contributed by atoms with Crippen molar-refractivity contribution in [2.24, 2.45) is 5.73 Å². The minimum atomic E-state index is 0.186. The number of aromatic nitrogens is 2. The Labute approximate surface area is 105 Å². The monoisotopic (exact) mass is 250 g/mol. The number of hydrogen-bond donors (Lipinski definition) is 2. The average Bonchev–Trinajstić information content (AvgIpc) is 2.70. The zero-order valence-corrected chi connectivity index (χ0v) is 11.0. The van der Waals surface area contributed by atoms with Gasteiger partial charge in [-0.25, -0.2) is 9.97 Å². The molecule has 0 aliphatic heterocycles. The molecule has 0 bridgehead atoms. The quantitative estimate of drug-likeness (QED) is 0.856. The van der Waals surface area contributed by atoms with Crippen LogP contribution in [0, 0.1) is 6.92 Å². The van der Waals surface area contributed by atoms with Crippen molar-refractivity contribution < 1.29 is 0 Å². The van der Waals surface area contributed by atoms with E-state index in [-0.39, 0.29) is 6.04 Å². The summed E-state index contributed by atoms with van der Waals surface area (Å²) in [4.78, 5) is 8.58. The normalized spacial score (nSPS) is 12.9. The van der Waals surface area contributed by atoms with Crippen LogP contribution in [0.3, 0.4) is 0 Å². The minimum absolute atomic E-state index is 0.186. The Morgan fingerprint density at radius 3 is 3.06 bits per heavy atom. The van der Waals surface area contributed by atoms with Gasteiger partial charge in [0.1, 0.15) is 12.1 Å². The molecule has 0 aliphatic carbocycles. The molecule has 0 aliphatic rings. The summed E-state index contributed by atoms with van der Waals surface area (Å²) < 4.78 is 1.12. The maximum atomic E-state index is 5.98. The van der Waals surface area contributed by atoms with E-state index in [9.17, 15) is 0 Å². The molecule has 2 heterocycles. The van der Waals surface area contributed by atoms with Gasteiger partial charge in [0.15, 0.2) is 0 Å². The van der Waals surface area contributed by atoms with E-state index in [1.54, 1.807) is 17.7 Å². The van der Waals surface area contributed by atoms with Gasteiger partial charge < -0.3 is 11.1 Å². The summed E-state index contributed by atoms with van der Waals surface area (Å²) in [5, 5.41) is 5.43. The Hall–Kier alpha value is -1.20. The van der Waals surface area contributed by atoms with Crippen molar-refractivity contribution in [1.82, 2.24) is 9.97 Å². The van der Waals surface area contributed by atoms with E-state index >= 15 is 0 Å². The first-order valence-corrected chi connectivity index (χ1v) is 6.78. The largest absolute Gasteiger partial charge is 0.367 e. The van der Waals surface area contributed by atoms with Crippen LogP contribution in [0.5, 0.6) is 0 Å². The number of hydrogen-bond acceptors (Lipinski definition) is 5. The molecule has 4 nitrogen and oxygen atoms in total. The van der Waals surface area contributed by atoms with Crippen molar-refractivity contribution in [1.29, 1.82) is 0 Å². The first-order valence-electron chi connectivity index (χ1n) is 5.90. The standard InChI is InChI=1S/C12H18N4S/c1-3-4-9(13)5-14-12-11-10(15-7-16-12)8(2)6-17-11/h6-7,9H,3-5,13H2,1-2H3,(H,14,15,16). The lowest BCUT2D eigenvalue weighted by Crippen LogP contribution is -2.29. The van der Waals surface area contributed by atoms with E-state index in [1.807, 2.05) is 0 Å². The molecular formula is C12H18N4S. The summed E-state index contributed by atoms with van der Waals surface area (Å²) in [7, 11) is 0. The van der Waals surface area contributed by atoms with Crippen molar-refractivity contribution in [3.8, 4) is 0 Å². The van der Waals surface area contributed by atoms with Gasteiger partial charge in [-0.1, -0.05) is 13.3 Å². The molecule has 0 radical (unpaired) electrons. The highest BCUT2D eigenvalue weighted by molar-refractivity contribution is 7.18. The SMILES string of the molecule is CCCC(N)CNc1ncnc2c(C)csc12. The molecule has 1 unspecified atom stereocenters. The van der Waals surface area contributed by atoms with Crippen LogP contribution in [0.25, 0.3) is 10.2 Å². The third-order valence-corrected chi connectivity index (χ3v) is 3.82. The molecule has 0 fully saturated rings. The van der Waals surface area contributed by atoms with Gasteiger partial charge in [-0.15, -0.1) is 11.3 Å². The lowest BCUT2D eigenvalue weighted by atomic mass is 10.2. The molecule has 0 aromatic carbocycles. The van der Waals surface area contributed by atoms with Gasteiger partial charge in [0, 0.05) is 12.6 Å². The lowest BCUT2D eigenvalue weighted by Gasteiger charge is -2.12. The highest BCUT2D eigenvalue weighted by Crippen LogP contribution is 2.28. The fourth-order valence-electron chi connectivity index (χ4n) is 1.80. The molecule has 0 spiro atoms. The summed E-state index contributed by atoms with van der Waals surface area (Å²) >= 11 is 1.68. The number of nitrogens with two attached hydrogens (primary N) is 1. The topological polar surface area (TPSA) is 63.8 Å². The Balaban J connectivity index is 2.13. The second-order valence-corrected chi connectivity index (χ2v) is 5.13. The lowest BCUT2D eigenvalue weighted by molar-refractivity contribution is 0.626. The van der Waals surface area contributed by atoms with Crippen molar-refractivity contribution >= 4 is 27.4 Å². The van der Waals surface area contributed by atoms with E-state index in [0.717, 1.165) is 35.4 Å². The van der Waals surface area contributed by atoms with Crippen molar-refractivity contribution in [2.75, 3.05) is 11.9 Å². The summed E-state index contributed by atoms with van der Waals surface area (Å²) in [6, 6.07) is 0.186. The predicted molar refractivity (Wildman–Crippen MR) is 73.5 cm³/mol. The van der Waals surface area contributed by atoms with Crippen LogP contribution < -0.4 is 11.1 Å². The van der Waals surface area contributed by atoms with Gasteiger partial charge in [-0.2, -0.15) is 0 Å². The summed E-state index contributed by atoms with van der Waals surface area (Å²) in [5.74, 6) is 0.902. The Morgan fingerprint density at radius 2 is 2.29 bits per heavy atom. The fraction of sp³-hybridized carbons (Fsp3) is 0.500. The number of aryl methyl sites for hydroxylation is 1. The maximum absolute atomic E-state index is 5.98. The highest BCUT2D eigenvalue weighted by Gasteiger charge is 2.08. The van der Waals surface area contributed by atoms with Crippen LogP contribution in [-0.4, -0.2) is 22.6 Å². The Bertz CT molecular complexity index is 494. The van der Waals surface area contributed by atoms with E-state index in [1.165, 1.54) is 5.56 Å². The van der Waals surface area contributed by atoms with Crippen LogP contribution in [0.4, 0.5) is 5.82 Å². The van der Waals surface area contributed by atoms with E-state index in [0.29, 0.717) is 0 Å². The van der Waals surface area contributed by atoms with Crippen LogP contribution in [0.15, 0.2) is 11.7 Å². The number of thiophene rings is 1. The molecule has 17 heavy (non-hydrogen) atoms. The highest BCUT2D eigenvalue weighted by atomic mass is 32.1. The van der Waals surface area contributed by atoms with Gasteiger partial charge >= 0.3 is 0 Å². The van der Waals surface area contributed by atoms with Crippen LogP contribution in [0.1, 0.15) is 25.3 Å². The van der Waals surface area contributed by atoms with Crippen molar-refractivity contribution in [3.63, 3.8) is 0 Å². The first-order chi connectivity index (χ1) is 8.22. The molecule has 5 heteroatoms. The summed E-state index contributed by atoms with van der Waals surface area (Å²) in [6.45, 7) is 4.97. The maximum Gasteiger partial charge on any atom is 0.147 e. The molecule has 2 aromatic rings. The first kappa shape index (κ1) is 12.3. The number of rotatable bonds is 5. The van der Waals surface area contributed by atoms with Crippen molar-refractivity contribution in [3.05, 3.63) is 17.3 Å². The van der Waals surface area contributed by atoms with Gasteiger partial charge in [0.05, 0.1) is 10.2 Å². The van der Waals surface area contributed by atoms with Crippen LogP contribution >= 0.6 is 11.3 Å². The second-order valence-electron chi connectivity index (χ2n) is 4.25. The Kier molecular flexibility index (Phi) is 3.91. The fourth-order valence-corrected chi connectivity index (χ4v) is 2.76.